The molecule has 3 atom stereocenters. The molecular formula is C27H29N5O2. The Morgan fingerprint density at radius 1 is 1.00 bits per heavy atom. The van der Waals surface area contributed by atoms with Gasteiger partial charge in [-0.2, -0.15) is 9.97 Å². The Kier molecular flexibility index (Phi) is 6.27. The number of anilines is 1. The monoisotopic (exact) mass is 455 g/mol. The van der Waals surface area contributed by atoms with Gasteiger partial charge < -0.3 is 19.8 Å². The summed E-state index contributed by atoms with van der Waals surface area (Å²) in [7, 11) is 0. The standard InChI is InChI=1S/C27H29N5O2/c1-18-13-23(19(2)22(18)16-33-14-20-9-5-3-6-10-20)32-17-29-24-25(32)30-27(28)31-26(24)34-15-21-11-7-4-8-12-21/h3-12,17-18,22-23H,2,13-16H2,1H3,(H2,28,30,31)/t18-,22+,23?/m0/s1. The first-order valence-corrected chi connectivity index (χ1v) is 11.6. The number of hydrogen-bond acceptors (Lipinski definition) is 6. The van der Waals surface area contributed by atoms with Crippen LogP contribution in [0.4, 0.5) is 5.95 Å². The van der Waals surface area contributed by atoms with Crippen molar-refractivity contribution in [1.82, 2.24) is 19.5 Å². The first-order valence-electron chi connectivity index (χ1n) is 11.6. The smallest absolute Gasteiger partial charge is 0.247 e. The summed E-state index contributed by atoms with van der Waals surface area (Å²) in [6.45, 7) is 8.31. The molecule has 7 nitrogen and oxygen atoms in total. The van der Waals surface area contributed by atoms with Crippen LogP contribution in [0, 0.1) is 11.8 Å². The number of imidazole rings is 1. The van der Waals surface area contributed by atoms with Crippen molar-refractivity contribution in [2.75, 3.05) is 12.3 Å². The van der Waals surface area contributed by atoms with Crippen LogP contribution in [0.2, 0.25) is 0 Å². The Labute approximate surface area is 199 Å². The van der Waals surface area contributed by atoms with E-state index in [0.29, 0.717) is 42.8 Å². The van der Waals surface area contributed by atoms with Gasteiger partial charge in [-0.3, -0.25) is 0 Å². The summed E-state index contributed by atoms with van der Waals surface area (Å²) in [5.74, 6) is 1.25. The number of nitrogen functional groups attached to an aromatic ring is 1. The molecule has 2 aromatic carbocycles. The molecule has 5 rings (SSSR count). The van der Waals surface area contributed by atoms with E-state index in [9.17, 15) is 0 Å². The Bertz CT molecular complexity index is 1270. The molecule has 1 fully saturated rings. The summed E-state index contributed by atoms with van der Waals surface area (Å²) in [4.78, 5) is 13.4. The van der Waals surface area contributed by atoms with Gasteiger partial charge in [-0.1, -0.05) is 74.2 Å². The number of nitrogens with zero attached hydrogens (tertiary/aromatic N) is 4. The van der Waals surface area contributed by atoms with E-state index in [1.807, 2.05) is 48.5 Å². The maximum atomic E-state index is 6.06. The summed E-state index contributed by atoms with van der Waals surface area (Å²) in [6, 6.07) is 20.2. The first kappa shape index (κ1) is 22.1. The minimum atomic E-state index is 0.0709. The maximum absolute atomic E-state index is 6.06. The largest absolute Gasteiger partial charge is 0.471 e. The van der Waals surface area contributed by atoms with Crippen LogP contribution >= 0.6 is 0 Å². The molecule has 0 amide bonds. The van der Waals surface area contributed by atoms with Gasteiger partial charge in [-0.15, -0.1) is 0 Å². The van der Waals surface area contributed by atoms with Crippen LogP contribution in [-0.2, 0) is 18.0 Å². The molecule has 174 valence electrons. The molecule has 1 saturated carbocycles. The molecule has 2 aromatic heterocycles. The minimum Gasteiger partial charge on any atom is -0.471 e. The van der Waals surface area contributed by atoms with E-state index < -0.39 is 0 Å². The van der Waals surface area contributed by atoms with Crippen LogP contribution in [0.25, 0.3) is 11.2 Å². The second-order valence-corrected chi connectivity index (χ2v) is 8.90. The zero-order valence-electron chi connectivity index (χ0n) is 19.3. The van der Waals surface area contributed by atoms with Crippen LogP contribution in [0.5, 0.6) is 5.88 Å². The van der Waals surface area contributed by atoms with Crippen molar-refractivity contribution < 1.29 is 9.47 Å². The number of fused-ring (bicyclic) bond motifs is 1. The van der Waals surface area contributed by atoms with E-state index in [4.69, 9.17) is 15.2 Å². The summed E-state index contributed by atoms with van der Waals surface area (Å²) in [6.07, 6.45) is 2.73. The van der Waals surface area contributed by atoms with Gasteiger partial charge in [0.05, 0.1) is 25.6 Å². The lowest BCUT2D eigenvalue weighted by Gasteiger charge is -2.18. The summed E-state index contributed by atoms with van der Waals surface area (Å²) in [5.41, 5.74) is 10.7. The van der Waals surface area contributed by atoms with Crippen molar-refractivity contribution in [2.24, 2.45) is 11.8 Å². The third kappa shape index (κ3) is 4.52. The minimum absolute atomic E-state index is 0.0709. The Morgan fingerprint density at radius 3 is 2.38 bits per heavy atom. The molecule has 2 N–H and O–H groups in total. The molecule has 4 aromatic rings. The number of ether oxygens (including phenoxy) is 2. The second-order valence-electron chi connectivity index (χ2n) is 8.90. The molecule has 1 unspecified atom stereocenters. The molecule has 7 heteroatoms. The number of nitrogens with two attached hydrogens (primary N) is 1. The van der Waals surface area contributed by atoms with Crippen molar-refractivity contribution in [2.45, 2.75) is 32.6 Å². The second kappa shape index (κ2) is 9.65. The van der Waals surface area contributed by atoms with Gasteiger partial charge in [-0.05, 0) is 29.0 Å². The highest BCUT2D eigenvalue weighted by Gasteiger charge is 2.37. The van der Waals surface area contributed by atoms with Crippen molar-refractivity contribution in [1.29, 1.82) is 0 Å². The Balaban J connectivity index is 1.32. The highest BCUT2D eigenvalue weighted by Crippen LogP contribution is 2.44. The third-order valence-corrected chi connectivity index (χ3v) is 6.56. The van der Waals surface area contributed by atoms with E-state index in [1.165, 1.54) is 5.56 Å². The number of hydrogen-bond donors (Lipinski definition) is 1. The van der Waals surface area contributed by atoms with E-state index in [0.717, 1.165) is 17.6 Å². The predicted molar refractivity (Wildman–Crippen MR) is 132 cm³/mol. The van der Waals surface area contributed by atoms with Gasteiger partial charge in [0.25, 0.3) is 0 Å². The Morgan fingerprint density at radius 2 is 1.68 bits per heavy atom. The predicted octanol–water partition coefficient (Wildman–Crippen LogP) is 4.96. The van der Waals surface area contributed by atoms with Crippen molar-refractivity contribution >= 4 is 17.1 Å². The topological polar surface area (TPSA) is 88.1 Å². The van der Waals surface area contributed by atoms with Crippen LogP contribution in [0.1, 0.15) is 30.5 Å². The molecule has 34 heavy (non-hydrogen) atoms. The van der Waals surface area contributed by atoms with E-state index in [2.05, 4.69) is 45.2 Å². The molecule has 0 bridgehead atoms. The lowest BCUT2D eigenvalue weighted by molar-refractivity contribution is 0.0872. The van der Waals surface area contributed by atoms with Crippen molar-refractivity contribution in [3.8, 4) is 5.88 Å². The number of rotatable bonds is 8. The van der Waals surface area contributed by atoms with Gasteiger partial charge in [0, 0.05) is 5.92 Å². The lowest BCUT2D eigenvalue weighted by atomic mass is 9.96. The van der Waals surface area contributed by atoms with Crippen LogP contribution < -0.4 is 10.5 Å². The molecule has 0 radical (unpaired) electrons. The van der Waals surface area contributed by atoms with Crippen molar-refractivity contribution in [3.63, 3.8) is 0 Å². The molecule has 0 saturated heterocycles. The highest BCUT2D eigenvalue weighted by molar-refractivity contribution is 5.77. The van der Waals surface area contributed by atoms with E-state index in [1.54, 1.807) is 6.33 Å². The molecule has 0 spiro atoms. The Hall–Kier alpha value is -3.71. The maximum Gasteiger partial charge on any atom is 0.247 e. The third-order valence-electron chi connectivity index (χ3n) is 6.56. The first-order chi connectivity index (χ1) is 16.6. The average molecular weight is 456 g/mol. The van der Waals surface area contributed by atoms with Gasteiger partial charge in [0.1, 0.15) is 6.61 Å². The lowest BCUT2D eigenvalue weighted by Crippen LogP contribution is -2.15. The van der Waals surface area contributed by atoms with Gasteiger partial charge in [-0.25, -0.2) is 4.98 Å². The fourth-order valence-electron chi connectivity index (χ4n) is 4.68. The van der Waals surface area contributed by atoms with Gasteiger partial charge in [0.15, 0.2) is 11.2 Å². The molecule has 1 aliphatic rings. The van der Waals surface area contributed by atoms with E-state index in [-0.39, 0.29) is 17.9 Å². The SMILES string of the molecule is C=C1C(n2cnc3c(OCc4ccccc4)nc(N)nc32)C[C@H](C)[C@H]1COCc1ccccc1. The quantitative estimate of drug-likeness (QED) is 0.378. The fraction of sp³-hybridized carbons (Fsp3) is 0.296. The van der Waals surface area contributed by atoms with Crippen LogP contribution in [0.3, 0.4) is 0 Å². The summed E-state index contributed by atoms with van der Waals surface area (Å²) < 4.78 is 14.1. The van der Waals surface area contributed by atoms with Crippen LogP contribution in [-0.4, -0.2) is 26.1 Å². The molecule has 1 aliphatic carbocycles. The normalized spacial score (nSPS) is 20.1. The molecule has 0 aliphatic heterocycles. The van der Waals surface area contributed by atoms with E-state index >= 15 is 0 Å². The zero-order valence-corrected chi connectivity index (χ0v) is 19.3. The van der Waals surface area contributed by atoms with Gasteiger partial charge in [0.2, 0.25) is 11.8 Å². The number of benzene rings is 2. The molecule has 2 heterocycles. The van der Waals surface area contributed by atoms with Gasteiger partial charge >= 0.3 is 0 Å². The summed E-state index contributed by atoms with van der Waals surface area (Å²) >= 11 is 0. The highest BCUT2D eigenvalue weighted by atomic mass is 16.5. The van der Waals surface area contributed by atoms with Crippen LogP contribution in [0.15, 0.2) is 79.1 Å². The van der Waals surface area contributed by atoms with Crippen molar-refractivity contribution in [3.05, 3.63) is 90.3 Å². The fourth-order valence-corrected chi connectivity index (χ4v) is 4.68. The number of aromatic nitrogens is 4. The molecular weight excluding hydrogens is 426 g/mol. The average Bonchev–Trinajstić information content (AvgIpc) is 3.39. The summed E-state index contributed by atoms with van der Waals surface area (Å²) in [5, 5.41) is 0. The zero-order chi connectivity index (χ0) is 23.5.